The van der Waals surface area contributed by atoms with Gasteiger partial charge in [0.1, 0.15) is 5.60 Å². The Bertz CT molecular complexity index is 392. The third kappa shape index (κ3) is 4.56. The minimum absolute atomic E-state index is 0.252. The lowest BCUT2D eigenvalue weighted by Crippen LogP contribution is -2.26. The maximum absolute atomic E-state index is 5.77. The lowest BCUT2D eigenvalue weighted by molar-refractivity contribution is -0.0403. The molecule has 0 bridgehead atoms. The molecular formula is C15H29N3O2. The summed E-state index contributed by atoms with van der Waals surface area (Å²) < 4.78 is 11.2. The van der Waals surface area contributed by atoms with Crippen molar-refractivity contribution < 1.29 is 9.26 Å². The zero-order valence-corrected chi connectivity index (χ0v) is 13.5. The number of hydrogen-bond donors (Lipinski definition) is 1. The zero-order chi connectivity index (χ0) is 15.2. The third-order valence-corrected chi connectivity index (χ3v) is 3.77. The molecular weight excluding hydrogens is 254 g/mol. The van der Waals surface area contributed by atoms with Crippen molar-refractivity contribution in [3.63, 3.8) is 0 Å². The van der Waals surface area contributed by atoms with E-state index in [2.05, 4.69) is 24.0 Å². The topological polar surface area (TPSA) is 74.2 Å². The molecule has 20 heavy (non-hydrogen) atoms. The Kier molecular flexibility index (Phi) is 6.62. The maximum Gasteiger partial charge on any atom is 0.229 e. The van der Waals surface area contributed by atoms with Gasteiger partial charge in [0.15, 0.2) is 0 Å². The highest BCUT2D eigenvalue weighted by Gasteiger charge is 2.31. The van der Waals surface area contributed by atoms with Gasteiger partial charge in [0, 0.05) is 18.6 Å². The predicted octanol–water partition coefficient (Wildman–Crippen LogP) is 3.35. The molecule has 116 valence electrons. The third-order valence-electron chi connectivity index (χ3n) is 3.77. The van der Waals surface area contributed by atoms with Gasteiger partial charge in [0.05, 0.1) is 0 Å². The zero-order valence-electron chi connectivity index (χ0n) is 13.5. The quantitative estimate of drug-likeness (QED) is 0.752. The van der Waals surface area contributed by atoms with Crippen LogP contribution in [0.15, 0.2) is 4.52 Å². The van der Waals surface area contributed by atoms with Crippen LogP contribution < -0.4 is 5.73 Å². The van der Waals surface area contributed by atoms with Gasteiger partial charge in [-0.05, 0) is 40.0 Å². The van der Waals surface area contributed by atoms with Crippen LogP contribution in [0.2, 0.25) is 0 Å². The first-order valence-corrected chi connectivity index (χ1v) is 7.66. The fourth-order valence-electron chi connectivity index (χ4n) is 2.16. The molecule has 0 saturated carbocycles. The second-order valence-electron chi connectivity index (χ2n) is 5.78. The van der Waals surface area contributed by atoms with Crippen LogP contribution in [0.5, 0.6) is 0 Å². The van der Waals surface area contributed by atoms with E-state index in [9.17, 15) is 0 Å². The van der Waals surface area contributed by atoms with Gasteiger partial charge in [-0.1, -0.05) is 25.4 Å². The average molecular weight is 283 g/mol. The van der Waals surface area contributed by atoms with E-state index in [-0.39, 0.29) is 12.0 Å². The summed E-state index contributed by atoms with van der Waals surface area (Å²) in [4.78, 5) is 4.54. The average Bonchev–Trinajstić information content (AvgIpc) is 2.88. The van der Waals surface area contributed by atoms with Crippen molar-refractivity contribution in [1.29, 1.82) is 0 Å². The number of hydrogen-bond acceptors (Lipinski definition) is 5. The summed E-state index contributed by atoms with van der Waals surface area (Å²) in [6.07, 6.45) is 3.93. The number of aromatic nitrogens is 2. The largest absolute Gasteiger partial charge is 0.367 e. The number of rotatable bonds is 9. The minimum atomic E-state index is -0.456. The SMILES string of the molecule is CCOC(C)(CC)c1noc(C(C)CCCC(C)N)n1. The maximum atomic E-state index is 5.77. The van der Waals surface area contributed by atoms with Gasteiger partial charge in [-0.3, -0.25) is 0 Å². The Morgan fingerprint density at radius 1 is 1.30 bits per heavy atom. The number of nitrogens with two attached hydrogens (primary N) is 1. The van der Waals surface area contributed by atoms with Gasteiger partial charge in [-0.25, -0.2) is 0 Å². The van der Waals surface area contributed by atoms with E-state index in [4.69, 9.17) is 15.0 Å². The van der Waals surface area contributed by atoms with Crippen molar-refractivity contribution in [2.75, 3.05) is 6.61 Å². The first kappa shape index (κ1) is 17.1. The van der Waals surface area contributed by atoms with Crippen molar-refractivity contribution in [3.8, 4) is 0 Å². The second kappa shape index (κ2) is 7.74. The van der Waals surface area contributed by atoms with Crippen molar-refractivity contribution in [2.24, 2.45) is 5.73 Å². The molecule has 2 N–H and O–H groups in total. The van der Waals surface area contributed by atoms with Crippen LogP contribution >= 0.6 is 0 Å². The van der Waals surface area contributed by atoms with E-state index in [0.717, 1.165) is 25.7 Å². The molecule has 5 heteroatoms. The second-order valence-corrected chi connectivity index (χ2v) is 5.78. The van der Waals surface area contributed by atoms with Crippen molar-refractivity contribution in [1.82, 2.24) is 10.1 Å². The molecule has 0 spiro atoms. The van der Waals surface area contributed by atoms with E-state index in [1.54, 1.807) is 0 Å². The minimum Gasteiger partial charge on any atom is -0.367 e. The highest BCUT2D eigenvalue weighted by molar-refractivity contribution is 5.01. The van der Waals surface area contributed by atoms with E-state index in [1.165, 1.54) is 0 Å². The van der Waals surface area contributed by atoms with E-state index < -0.39 is 5.60 Å². The van der Waals surface area contributed by atoms with Gasteiger partial charge in [0.2, 0.25) is 11.7 Å². The molecule has 0 saturated heterocycles. The molecule has 0 aromatic carbocycles. The molecule has 0 aliphatic carbocycles. The number of ether oxygens (including phenoxy) is 1. The fraction of sp³-hybridized carbons (Fsp3) is 0.867. The first-order chi connectivity index (χ1) is 9.42. The van der Waals surface area contributed by atoms with Crippen LogP contribution in [0.1, 0.15) is 77.9 Å². The number of nitrogens with zero attached hydrogens (tertiary/aromatic N) is 2. The molecule has 3 atom stereocenters. The summed E-state index contributed by atoms with van der Waals surface area (Å²) in [5.74, 6) is 1.61. The van der Waals surface area contributed by atoms with Crippen LogP contribution in [-0.2, 0) is 10.3 Å². The lowest BCUT2D eigenvalue weighted by atomic mass is 10.0. The predicted molar refractivity (Wildman–Crippen MR) is 79.5 cm³/mol. The molecule has 5 nitrogen and oxygen atoms in total. The Morgan fingerprint density at radius 2 is 2.00 bits per heavy atom. The highest BCUT2D eigenvalue weighted by Crippen LogP contribution is 2.28. The summed E-state index contributed by atoms with van der Waals surface area (Å²) in [6, 6.07) is 0.252. The summed E-state index contributed by atoms with van der Waals surface area (Å²) >= 11 is 0. The Morgan fingerprint density at radius 3 is 2.55 bits per heavy atom. The van der Waals surface area contributed by atoms with Crippen molar-refractivity contribution in [3.05, 3.63) is 11.7 Å². The van der Waals surface area contributed by atoms with Crippen LogP contribution in [0, 0.1) is 0 Å². The Labute approximate surface area is 122 Å². The molecule has 3 unspecified atom stereocenters. The summed E-state index contributed by atoms with van der Waals surface area (Å²) in [5, 5.41) is 4.11. The fourth-order valence-corrected chi connectivity index (χ4v) is 2.16. The van der Waals surface area contributed by atoms with Crippen molar-refractivity contribution in [2.45, 2.75) is 77.9 Å². The molecule has 0 aliphatic heterocycles. The summed E-state index contributed by atoms with van der Waals surface area (Å²) in [5.41, 5.74) is 5.31. The van der Waals surface area contributed by atoms with Gasteiger partial charge >= 0.3 is 0 Å². The summed E-state index contributed by atoms with van der Waals surface area (Å²) in [7, 11) is 0. The molecule has 0 amide bonds. The van der Waals surface area contributed by atoms with Gasteiger partial charge < -0.3 is 15.0 Å². The standard InChI is InChI=1S/C15H29N3O2/c1-6-15(5,19-7-2)14-17-13(20-18-14)11(3)9-8-10-12(4)16/h11-12H,6-10,16H2,1-5H3. The molecule has 0 radical (unpaired) electrons. The smallest absolute Gasteiger partial charge is 0.229 e. The normalized spacial score (nSPS) is 17.7. The highest BCUT2D eigenvalue weighted by atomic mass is 16.5. The summed E-state index contributed by atoms with van der Waals surface area (Å²) in [6.45, 7) is 10.8. The molecule has 1 aromatic rings. The Hall–Kier alpha value is -0.940. The van der Waals surface area contributed by atoms with Crippen LogP contribution in [-0.4, -0.2) is 22.8 Å². The van der Waals surface area contributed by atoms with Crippen molar-refractivity contribution >= 4 is 0 Å². The van der Waals surface area contributed by atoms with E-state index in [1.807, 2.05) is 20.8 Å². The van der Waals surface area contributed by atoms with Gasteiger partial charge in [-0.15, -0.1) is 0 Å². The van der Waals surface area contributed by atoms with E-state index >= 15 is 0 Å². The molecule has 0 aliphatic rings. The molecule has 1 heterocycles. The van der Waals surface area contributed by atoms with Gasteiger partial charge in [-0.2, -0.15) is 4.98 Å². The first-order valence-electron chi connectivity index (χ1n) is 7.66. The van der Waals surface area contributed by atoms with E-state index in [0.29, 0.717) is 18.3 Å². The molecule has 1 rings (SSSR count). The lowest BCUT2D eigenvalue weighted by Gasteiger charge is -2.23. The Balaban J connectivity index is 2.66. The van der Waals surface area contributed by atoms with Crippen LogP contribution in [0.25, 0.3) is 0 Å². The molecule has 1 aromatic heterocycles. The monoisotopic (exact) mass is 283 g/mol. The van der Waals surface area contributed by atoms with Crippen LogP contribution in [0.3, 0.4) is 0 Å². The molecule has 0 fully saturated rings. The van der Waals surface area contributed by atoms with Crippen LogP contribution in [0.4, 0.5) is 0 Å². The van der Waals surface area contributed by atoms with Gasteiger partial charge in [0.25, 0.3) is 0 Å².